The minimum Gasteiger partial charge on any atom is -0.462 e. The van der Waals surface area contributed by atoms with Crippen LogP contribution in [0.5, 0.6) is 0 Å². The number of benzene rings is 1. The molecule has 0 radical (unpaired) electrons. The van der Waals surface area contributed by atoms with E-state index in [-0.39, 0.29) is 5.97 Å². The standard InChI is InChI=1S/C15H21N3O2Si/c1-21(2,3)9-8-20-15(19)12-10-17-18-14(12)11-6-4-5-7-13(11)16/h4-7,10H,8-9,16H2,1-3H3,(H,17,18). The summed E-state index contributed by atoms with van der Waals surface area (Å²) in [5.74, 6) is -0.361. The number of esters is 1. The van der Waals surface area contributed by atoms with Crippen LogP contribution < -0.4 is 5.73 Å². The summed E-state index contributed by atoms with van der Waals surface area (Å²) in [4.78, 5) is 12.2. The summed E-state index contributed by atoms with van der Waals surface area (Å²) in [6.45, 7) is 7.18. The van der Waals surface area contributed by atoms with Crippen molar-refractivity contribution in [1.82, 2.24) is 10.2 Å². The van der Waals surface area contributed by atoms with E-state index in [1.807, 2.05) is 18.2 Å². The second-order valence-corrected chi connectivity index (χ2v) is 11.8. The predicted molar refractivity (Wildman–Crippen MR) is 86.9 cm³/mol. The van der Waals surface area contributed by atoms with E-state index in [1.165, 1.54) is 0 Å². The van der Waals surface area contributed by atoms with Crippen LogP contribution in [0.15, 0.2) is 30.5 Å². The molecule has 21 heavy (non-hydrogen) atoms. The van der Waals surface area contributed by atoms with Crippen LogP contribution in [0, 0.1) is 0 Å². The summed E-state index contributed by atoms with van der Waals surface area (Å²) in [5, 5.41) is 6.84. The van der Waals surface area contributed by atoms with Crippen LogP contribution in [-0.2, 0) is 4.74 Å². The van der Waals surface area contributed by atoms with E-state index in [0.29, 0.717) is 23.6 Å². The van der Waals surface area contributed by atoms with E-state index in [2.05, 4.69) is 29.8 Å². The molecule has 2 rings (SSSR count). The zero-order valence-corrected chi connectivity index (χ0v) is 13.6. The fraction of sp³-hybridized carbons (Fsp3) is 0.333. The third-order valence-electron chi connectivity index (χ3n) is 3.16. The minimum atomic E-state index is -1.22. The number of nitrogens with zero attached hydrogens (tertiary/aromatic N) is 1. The average molecular weight is 303 g/mol. The number of carbonyl (C=O) groups excluding carboxylic acids is 1. The maximum absolute atomic E-state index is 12.2. The summed E-state index contributed by atoms with van der Waals surface area (Å²) >= 11 is 0. The summed E-state index contributed by atoms with van der Waals surface area (Å²) in [6, 6.07) is 8.27. The molecule has 0 unspecified atom stereocenters. The van der Waals surface area contributed by atoms with E-state index in [1.54, 1.807) is 12.3 Å². The molecule has 2 aromatic rings. The van der Waals surface area contributed by atoms with Crippen LogP contribution in [0.25, 0.3) is 11.3 Å². The molecule has 1 heterocycles. The number of ether oxygens (including phenoxy) is 1. The maximum Gasteiger partial charge on any atom is 0.341 e. The molecule has 0 aliphatic rings. The van der Waals surface area contributed by atoms with Crippen LogP contribution in [0.1, 0.15) is 10.4 Å². The molecule has 6 heteroatoms. The van der Waals surface area contributed by atoms with E-state index in [0.717, 1.165) is 11.6 Å². The molecule has 0 amide bonds. The van der Waals surface area contributed by atoms with Crippen molar-refractivity contribution in [3.05, 3.63) is 36.0 Å². The number of anilines is 1. The smallest absolute Gasteiger partial charge is 0.341 e. The van der Waals surface area contributed by atoms with Crippen molar-refractivity contribution in [2.75, 3.05) is 12.3 Å². The third-order valence-corrected chi connectivity index (χ3v) is 4.87. The number of aromatic nitrogens is 2. The lowest BCUT2D eigenvalue weighted by molar-refractivity contribution is 0.0526. The van der Waals surface area contributed by atoms with E-state index in [9.17, 15) is 4.79 Å². The average Bonchev–Trinajstić information content (AvgIpc) is 2.86. The number of H-pyrrole nitrogens is 1. The molecule has 0 fully saturated rings. The van der Waals surface area contributed by atoms with Crippen molar-refractivity contribution in [2.45, 2.75) is 25.7 Å². The molecule has 0 atom stereocenters. The van der Waals surface area contributed by atoms with E-state index >= 15 is 0 Å². The van der Waals surface area contributed by atoms with Gasteiger partial charge in [0.15, 0.2) is 0 Å². The van der Waals surface area contributed by atoms with Gasteiger partial charge < -0.3 is 10.5 Å². The van der Waals surface area contributed by atoms with Gasteiger partial charge >= 0.3 is 5.97 Å². The predicted octanol–water partition coefficient (Wildman–Crippen LogP) is 3.15. The molecule has 3 N–H and O–H groups in total. The molecular weight excluding hydrogens is 282 g/mol. The highest BCUT2D eigenvalue weighted by Crippen LogP contribution is 2.27. The van der Waals surface area contributed by atoms with Gasteiger partial charge in [0.05, 0.1) is 6.61 Å². The monoisotopic (exact) mass is 303 g/mol. The molecule has 1 aromatic carbocycles. The number of rotatable bonds is 5. The Hall–Kier alpha value is -2.08. The third kappa shape index (κ3) is 3.95. The van der Waals surface area contributed by atoms with Crippen LogP contribution in [0.4, 0.5) is 5.69 Å². The van der Waals surface area contributed by atoms with Crippen molar-refractivity contribution in [2.24, 2.45) is 0 Å². The molecule has 112 valence electrons. The number of nitrogens with one attached hydrogen (secondary N) is 1. The molecular formula is C15H21N3O2Si. The maximum atomic E-state index is 12.2. The van der Waals surface area contributed by atoms with Gasteiger partial charge in [0.1, 0.15) is 11.3 Å². The zero-order valence-electron chi connectivity index (χ0n) is 12.6. The van der Waals surface area contributed by atoms with Gasteiger partial charge in [-0.3, -0.25) is 5.10 Å². The first-order valence-electron chi connectivity index (χ1n) is 6.94. The molecule has 0 aliphatic carbocycles. The van der Waals surface area contributed by atoms with Gasteiger partial charge in [-0.05, 0) is 12.1 Å². The van der Waals surface area contributed by atoms with Gasteiger partial charge in [0.2, 0.25) is 0 Å². The van der Waals surface area contributed by atoms with Gasteiger partial charge in [-0.2, -0.15) is 5.10 Å². The van der Waals surface area contributed by atoms with Crippen molar-refractivity contribution in [3.8, 4) is 11.3 Å². The van der Waals surface area contributed by atoms with Gasteiger partial charge in [-0.25, -0.2) is 4.79 Å². The number of aromatic amines is 1. The van der Waals surface area contributed by atoms with Crippen LogP contribution in [-0.4, -0.2) is 30.8 Å². The Morgan fingerprint density at radius 1 is 1.33 bits per heavy atom. The second kappa shape index (κ2) is 6.13. The number of hydrogen-bond acceptors (Lipinski definition) is 4. The number of nitrogen functional groups attached to an aromatic ring is 1. The highest BCUT2D eigenvalue weighted by Gasteiger charge is 2.20. The zero-order chi connectivity index (χ0) is 15.5. The largest absolute Gasteiger partial charge is 0.462 e. The van der Waals surface area contributed by atoms with E-state index in [4.69, 9.17) is 10.5 Å². The summed E-state index contributed by atoms with van der Waals surface area (Å²) in [7, 11) is -1.22. The van der Waals surface area contributed by atoms with Crippen LogP contribution in [0.2, 0.25) is 25.7 Å². The molecule has 0 spiro atoms. The first-order chi connectivity index (χ1) is 9.88. The Bertz CT molecular complexity index is 632. The SMILES string of the molecule is C[Si](C)(C)CCOC(=O)c1c[nH]nc1-c1ccccc1N. The lowest BCUT2D eigenvalue weighted by atomic mass is 10.1. The number of carbonyl (C=O) groups is 1. The Morgan fingerprint density at radius 2 is 2.05 bits per heavy atom. The van der Waals surface area contributed by atoms with Crippen molar-refractivity contribution in [1.29, 1.82) is 0 Å². The number of para-hydroxylation sites is 1. The summed E-state index contributed by atoms with van der Waals surface area (Å²) < 4.78 is 5.36. The number of hydrogen-bond donors (Lipinski definition) is 2. The lowest BCUT2D eigenvalue weighted by Crippen LogP contribution is -2.22. The molecule has 5 nitrogen and oxygen atoms in total. The highest BCUT2D eigenvalue weighted by molar-refractivity contribution is 6.76. The Morgan fingerprint density at radius 3 is 2.71 bits per heavy atom. The van der Waals surface area contributed by atoms with Crippen molar-refractivity contribution in [3.63, 3.8) is 0 Å². The molecule has 0 saturated carbocycles. The lowest BCUT2D eigenvalue weighted by Gasteiger charge is -2.15. The van der Waals surface area contributed by atoms with Gasteiger partial charge in [0.25, 0.3) is 0 Å². The minimum absolute atomic E-state index is 0.361. The Labute approximate surface area is 125 Å². The first kappa shape index (κ1) is 15.3. The summed E-state index contributed by atoms with van der Waals surface area (Å²) in [6.07, 6.45) is 1.55. The van der Waals surface area contributed by atoms with Crippen molar-refractivity contribution < 1.29 is 9.53 Å². The Kier molecular flexibility index (Phi) is 4.47. The van der Waals surface area contributed by atoms with Gasteiger partial charge in [-0.1, -0.05) is 37.8 Å². The van der Waals surface area contributed by atoms with Crippen LogP contribution in [0.3, 0.4) is 0 Å². The fourth-order valence-electron chi connectivity index (χ4n) is 1.89. The van der Waals surface area contributed by atoms with E-state index < -0.39 is 8.07 Å². The second-order valence-electron chi connectivity index (χ2n) is 6.18. The molecule has 0 saturated heterocycles. The quantitative estimate of drug-likeness (QED) is 0.505. The van der Waals surface area contributed by atoms with Gasteiger partial charge in [-0.15, -0.1) is 0 Å². The molecule has 1 aromatic heterocycles. The Balaban J connectivity index is 2.14. The fourth-order valence-corrected chi connectivity index (χ4v) is 2.61. The summed E-state index contributed by atoms with van der Waals surface area (Å²) in [5.41, 5.74) is 8.21. The number of nitrogens with two attached hydrogens (primary N) is 1. The first-order valence-corrected chi connectivity index (χ1v) is 10.6. The van der Waals surface area contributed by atoms with Crippen LogP contribution >= 0.6 is 0 Å². The van der Waals surface area contributed by atoms with Crippen molar-refractivity contribution >= 4 is 19.7 Å². The molecule has 0 bridgehead atoms. The normalized spacial score (nSPS) is 11.4. The highest BCUT2D eigenvalue weighted by atomic mass is 28.3. The topological polar surface area (TPSA) is 81.0 Å². The molecule has 0 aliphatic heterocycles. The van der Waals surface area contributed by atoms with Gasteiger partial charge in [0, 0.05) is 25.5 Å².